The number of Topliss-reactive ketones (excluding diaryl/α,β-unsaturated/α-hetero) is 2. The van der Waals surface area contributed by atoms with E-state index in [1.807, 2.05) is 19.2 Å². The van der Waals surface area contributed by atoms with Gasteiger partial charge in [-0.3, -0.25) is 19.4 Å². The number of amides is 1. The molecule has 5 nitrogen and oxygen atoms in total. The topological polar surface area (TPSA) is 67.3 Å². The highest BCUT2D eigenvalue weighted by Crippen LogP contribution is 2.26. The molecular weight excluding hydrogens is 352 g/mol. The summed E-state index contributed by atoms with van der Waals surface area (Å²) in [4.78, 5) is 43.8. The molecule has 0 bridgehead atoms. The molecule has 0 unspecified atom stereocenters. The highest BCUT2D eigenvalue weighted by molar-refractivity contribution is 6.38. The largest absolute Gasteiger partial charge is 0.326 e. The van der Waals surface area contributed by atoms with E-state index in [-0.39, 0.29) is 11.6 Å². The maximum Gasteiger partial charge on any atom is 0.291 e. The Balaban J connectivity index is 1.84. The second-order valence-corrected chi connectivity index (χ2v) is 8.46. The zero-order valence-electron chi connectivity index (χ0n) is 17.6. The molecule has 2 rings (SSSR count). The first kappa shape index (κ1) is 22.3. The number of carbonyl (C=O) groups excluding carboxylic acids is 3. The molecule has 0 saturated carbocycles. The van der Waals surface area contributed by atoms with Gasteiger partial charge in [-0.2, -0.15) is 0 Å². The quantitative estimate of drug-likeness (QED) is 0.448. The van der Waals surface area contributed by atoms with Crippen molar-refractivity contribution in [2.75, 3.05) is 6.54 Å². The van der Waals surface area contributed by atoms with Gasteiger partial charge in [0.15, 0.2) is 5.78 Å². The number of piperidine rings is 1. The summed E-state index contributed by atoms with van der Waals surface area (Å²) in [6, 6.07) is 3.59. The van der Waals surface area contributed by atoms with Crippen LogP contribution in [0.4, 0.5) is 0 Å². The van der Waals surface area contributed by atoms with Crippen LogP contribution in [0.15, 0.2) is 24.5 Å². The highest BCUT2D eigenvalue weighted by Gasteiger charge is 2.39. The van der Waals surface area contributed by atoms with Crippen LogP contribution in [0.5, 0.6) is 0 Å². The third kappa shape index (κ3) is 5.98. The van der Waals surface area contributed by atoms with Crippen LogP contribution in [0.25, 0.3) is 0 Å². The first-order valence-corrected chi connectivity index (χ1v) is 10.6. The van der Waals surface area contributed by atoms with Gasteiger partial charge >= 0.3 is 0 Å². The SMILES string of the molecule is CCC(C)(C)C(=O)C(=O)N1CCCC[C@H]1C(=O)CCCCCc1cccnc1. The molecule has 0 aromatic carbocycles. The lowest BCUT2D eigenvalue weighted by atomic mass is 9.83. The molecule has 1 aromatic rings. The van der Waals surface area contributed by atoms with Crippen LogP contribution in [0.2, 0.25) is 0 Å². The Morgan fingerprint density at radius 2 is 1.96 bits per heavy atom. The normalized spacial score (nSPS) is 17.4. The molecule has 1 atom stereocenters. The van der Waals surface area contributed by atoms with Gasteiger partial charge in [0.2, 0.25) is 5.78 Å². The maximum atomic E-state index is 12.8. The molecule has 1 saturated heterocycles. The average Bonchev–Trinajstić information content (AvgIpc) is 2.73. The lowest BCUT2D eigenvalue weighted by Crippen LogP contribution is -2.52. The van der Waals surface area contributed by atoms with Crippen molar-refractivity contribution in [2.24, 2.45) is 5.41 Å². The highest BCUT2D eigenvalue weighted by atomic mass is 16.2. The molecule has 28 heavy (non-hydrogen) atoms. The van der Waals surface area contributed by atoms with Crippen molar-refractivity contribution < 1.29 is 14.4 Å². The molecule has 5 heteroatoms. The lowest BCUT2D eigenvalue weighted by molar-refractivity contribution is -0.153. The maximum absolute atomic E-state index is 12.8. The number of nitrogens with zero attached hydrogens (tertiary/aromatic N) is 2. The van der Waals surface area contributed by atoms with Gasteiger partial charge in [-0.1, -0.05) is 33.3 Å². The fourth-order valence-electron chi connectivity index (χ4n) is 3.61. The molecule has 0 aliphatic carbocycles. The summed E-state index contributed by atoms with van der Waals surface area (Å²) in [5.41, 5.74) is 0.545. The van der Waals surface area contributed by atoms with Gasteiger partial charge in [0.25, 0.3) is 5.91 Å². The number of aromatic nitrogens is 1. The van der Waals surface area contributed by atoms with Gasteiger partial charge in [0.1, 0.15) is 0 Å². The number of rotatable bonds is 10. The van der Waals surface area contributed by atoms with Crippen LogP contribution in [0.1, 0.15) is 77.7 Å². The number of ketones is 2. The van der Waals surface area contributed by atoms with E-state index >= 15 is 0 Å². The fraction of sp³-hybridized carbons (Fsp3) is 0.652. The van der Waals surface area contributed by atoms with Crippen LogP contribution < -0.4 is 0 Å². The monoisotopic (exact) mass is 386 g/mol. The zero-order chi connectivity index (χ0) is 20.6. The molecule has 1 fully saturated rings. The Labute approximate surface area is 168 Å². The van der Waals surface area contributed by atoms with E-state index in [1.54, 1.807) is 24.9 Å². The molecule has 154 valence electrons. The van der Waals surface area contributed by atoms with Crippen LogP contribution >= 0.6 is 0 Å². The van der Waals surface area contributed by atoms with Crippen LogP contribution in [0.3, 0.4) is 0 Å². The van der Waals surface area contributed by atoms with Crippen molar-refractivity contribution in [3.63, 3.8) is 0 Å². The standard InChI is InChI=1S/C23H34N2O3/c1-4-23(2,3)21(27)22(28)25-16-9-8-13-19(25)20(26)14-7-5-6-11-18-12-10-15-24-17-18/h10,12,15,17,19H,4-9,11,13-14,16H2,1-3H3/t19-/m0/s1. The molecule has 1 amide bonds. The second kappa shape index (κ2) is 10.5. The number of hydrogen-bond acceptors (Lipinski definition) is 4. The zero-order valence-corrected chi connectivity index (χ0v) is 17.6. The lowest BCUT2D eigenvalue weighted by Gasteiger charge is -2.36. The van der Waals surface area contributed by atoms with Crippen molar-refractivity contribution in [3.8, 4) is 0 Å². The third-order valence-electron chi connectivity index (χ3n) is 5.94. The molecule has 2 heterocycles. The fourth-order valence-corrected chi connectivity index (χ4v) is 3.61. The Hall–Kier alpha value is -2.04. The van der Waals surface area contributed by atoms with Crippen molar-refractivity contribution in [1.82, 2.24) is 9.88 Å². The predicted octanol–water partition coefficient (Wildman–Crippen LogP) is 4.14. The summed E-state index contributed by atoms with van der Waals surface area (Å²) in [5, 5.41) is 0. The van der Waals surface area contributed by atoms with E-state index in [1.165, 1.54) is 5.56 Å². The van der Waals surface area contributed by atoms with Crippen LogP contribution in [-0.4, -0.2) is 39.9 Å². The van der Waals surface area contributed by atoms with E-state index < -0.39 is 17.4 Å². The Kier molecular flexibility index (Phi) is 8.34. The van der Waals surface area contributed by atoms with Crippen molar-refractivity contribution in [1.29, 1.82) is 0 Å². The van der Waals surface area contributed by atoms with E-state index in [9.17, 15) is 14.4 Å². The summed E-state index contributed by atoms with van der Waals surface area (Å²) in [6.45, 7) is 6.03. The minimum atomic E-state index is -0.672. The first-order chi connectivity index (χ1) is 13.4. The summed E-state index contributed by atoms with van der Waals surface area (Å²) in [7, 11) is 0. The van der Waals surface area contributed by atoms with Gasteiger partial charge < -0.3 is 4.90 Å². The van der Waals surface area contributed by atoms with Crippen molar-refractivity contribution >= 4 is 17.5 Å². The van der Waals surface area contributed by atoms with Gasteiger partial charge in [-0.05, 0) is 56.6 Å². The smallest absolute Gasteiger partial charge is 0.291 e. The third-order valence-corrected chi connectivity index (χ3v) is 5.94. The summed E-state index contributed by atoms with van der Waals surface area (Å²) in [6.07, 6.45) is 11.0. The second-order valence-electron chi connectivity index (χ2n) is 8.46. The Morgan fingerprint density at radius 3 is 2.64 bits per heavy atom. The summed E-state index contributed by atoms with van der Waals surface area (Å²) < 4.78 is 0. The van der Waals surface area contributed by atoms with Gasteiger partial charge in [0, 0.05) is 30.8 Å². The van der Waals surface area contributed by atoms with Gasteiger partial charge in [-0.15, -0.1) is 0 Å². The number of unbranched alkanes of at least 4 members (excludes halogenated alkanes) is 2. The minimum absolute atomic E-state index is 0.108. The minimum Gasteiger partial charge on any atom is -0.326 e. The molecule has 1 aromatic heterocycles. The van der Waals surface area contributed by atoms with E-state index in [0.29, 0.717) is 25.8 Å². The Bertz CT molecular complexity index is 670. The average molecular weight is 387 g/mol. The van der Waals surface area contributed by atoms with Gasteiger partial charge in [-0.25, -0.2) is 0 Å². The van der Waals surface area contributed by atoms with Crippen molar-refractivity contribution in [3.05, 3.63) is 30.1 Å². The van der Waals surface area contributed by atoms with E-state index in [4.69, 9.17) is 0 Å². The van der Waals surface area contributed by atoms with E-state index in [2.05, 4.69) is 11.1 Å². The predicted molar refractivity (Wildman–Crippen MR) is 110 cm³/mol. The molecule has 1 aliphatic heterocycles. The first-order valence-electron chi connectivity index (χ1n) is 10.6. The van der Waals surface area contributed by atoms with Crippen LogP contribution in [0, 0.1) is 5.41 Å². The van der Waals surface area contributed by atoms with Crippen molar-refractivity contribution in [2.45, 2.75) is 84.6 Å². The molecule has 0 spiro atoms. The van der Waals surface area contributed by atoms with Crippen LogP contribution in [-0.2, 0) is 20.8 Å². The molecule has 0 N–H and O–H groups in total. The number of pyridine rings is 1. The number of hydrogen-bond donors (Lipinski definition) is 0. The molecular formula is C23H34N2O3. The number of carbonyl (C=O) groups is 3. The van der Waals surface area contributed by atoms with Gasteiger partial charge in [0.05, 0.1) is 6.04 Å². The molecule has 0 radical (unpaired) electrons. The summed E-state index contributed by atoms with van der Waals surface area (Å²) >= 11 is 0. The van der Waals surface area contributed by atoms with E-state index in [0.717, 1.165) is 38.5 Å². The number of likely N-dealkylation sites (tertiary alicyclic amines) is 1. The Morgan fingerprint density at radius 1 is 1.18 bits per heavy atom. The summed E-state index contributed by atoms with van der Waals surface area (Å²) in [5.74, 6) is -0.732. The number of aryl methyl sites for hydroxylation is 1. The molecule has 1 aliphatic rings.